The van der Waals surface area contributed by atoms with Gasteiger partial charge in [-0.2, -0.15) is 0 Å². The molecule has 0 radical (unpaired) electrons. The number of unbranched alkanes of at least 4 members (excludes halogenated alkanes) is 1. The topological polar surface area (TPSA) is 58.8 Å². The number of hydrogen-bond acceptors (Lipinski definition) is 3. The molecule has 5 nitrogen and oxygen atoms in total. The quantitative estimate of drug-likeness (QED) is 0.420. The first-order chi connectivity index (χ1) is 11.8. The van der Waals surface area contributed by atoms with Crippen molar-refractivity contribution < 1.29 is 13.5 Å². The molecule has 0 unspecified atom stereocenters. The van der Waals surface area contributed by atoms with Gasteiger partial charge in [-0.1, -0.05) is 0 Å². The van der Waals surface area contributed by atoms with Crippen LogP contribution in [0.1, 0.15) is 25.5 Å². The van der Waals surface area contributed by atoms with Gasteiger partial charge in [-0.15, -0.1) is 0 Å². The van der Waals surface area contributed by atoms with Crippen LogP contribution in [0.15, 0.2) is 52.1 Å². The molecule has 0 spiro atoms. The molecule has 0 aliphatic carbocycles. The van der Waals surface area contributed by atoms with Crippen LogP contribution in [-0.4, -0.2) is 25.7 Å². The van der Waals surface area contributed by atoms with E-state index in [0.29, 0.717) is 18.9 Å². The van der Waals surface area contributed by atoms with Crippen LogP contribution in [0.3, 0.4) is 0 Å². The van der Waals surface area contributed by atoms with E-state index in [2.05, 4.69) is 15.6 Å². The highest BCUT2D eigenvalue weighted by atomic mass is 19.1. The van der Waals surface area contributed by atoms with Crippen molar-refractivity contribution in [3.05, 3.63) is 54.2 Å². The molecule has 0 fully saturated rings. The molecule has 0 saturated heterocycles. The fourth-order valence-electron chi connectivity index (χ4n) is 2.06. The molecule has 6 heteroatoms. The third-order valence-electron chi connectivity index (χ3n) is 3.26. The fourth-order valence-corrected chi connectivity index (χ4v) is 2.06. The Kier molecular flexibility index (Phi) is 7.67. The molecular weight excluding hydrogens is 309 g/mol. The van der Waals surface area contributed by atoms with Gasteiger partial charge in [-0.25, -0.2) is 9.38 Å². The molecule has 0 saturated carbocycles. The van der Waals surface area contributed by atoms with E-state index in [-0.39, 0.29) is 5.82 Å². The third kappa shape index (κ3) is 6.73. The molecule has 1 heterocycles. The smallest absolute Gasteiger partial charge is 0.191 e. The highest BCUT2D eigenvalue weighted by molar-refractivity contribution is 5.79. The Hall–Kier alpha value is -2.50. The Morgan fingerprint density at radius 1 is 1.17 bits per heavy atom. The number of rotatable bonds is 9. The van der Waals surface area contributed by atoms with Crippen LogP contribution >= 0.6 is 0 Å². The van der Waals surface area contributed by atoms with Gasteiger partial charge in [0.15, 0.2) is 5.96 Å². The number of nitrogens with zero attached hydrogens (tertiary/aromatic N) is 1. The number of nitrogens with one attached hydrogen (secondary N) is 2. The van der Waals surface area contributed by atoms with E-state index in [1.807, 2.05) is 19.1 Å². The minimum absolute atomic E-state index is 0.253. The van der Waals surface area contributed by atoms with Crippen molar-refractivity contribution in [2.24, 2.45) is 4.99 Å². The molecule has 1 aromatic heterocycles. The number of aliphatic imine (C=N–C) groups is 1. The van der Waals surface area contributed by atoms with Gasteiger partial charge < -0.3 is 19.8 Å². The molecule has 0 atom stereocenters. The van der Waals surface area contributed by atoms with Gasteiger partial charge in [-0.3, -0.25) is 0 Å². The second kappa shape index (κ2) is 10.3. The van der Waals surface area contributed by atoms with Crippen molar-refractivity contribution in [1.82, 2.24) is 10.6 Å². The predicted molar refractivity (Wildman–Crippen MR) is 92.7 cm³/mol. The number of guanidine groups is 1. The van der Waals surface area contributed by atoms with Crippen LogP contribution in [0.4, 0.5) is 4.39 Å². The van der Waals surface area contributed by atoms with Gasteiger partial charge in [0.25, 0.3) is 0 Å². The second-order valence-electron chi connectivity index (χ2n) is 5.21. The third-order valence-corrected chi connectivity index (χ3v) is 3.26. The molecule has 2 aromatic rings. The summed E-state index contributed by atoms with van der Waals surface area (Å²) >= 11 is 0. The maximum Gasteiger partial charge on any atom is 0.191 e. The molecule has 0 aliphatic heterocycles. The molecular formula is C18H24FN3O2. The van der Waals surface area contributed by atoms with Crippen molar-refractivity contribution in [2.45, 2.75) is 26.3 Å². The lowest BCUT2D eigenvalue weighted by molar-refractivity contribution is 0.306. The Morgan fingerprint density at radius 3 is 2.71 bits per heavy atom. The molecule has 2 N–H and O–H groups in total. The minimum Gasteiger partial charge on any atom is -0.494 e. The fraction of sp³-hybridized carbons (Fsp3) is 0.389. The second-order valence-corrected chi connectivity index (χ2v) is 5.21. The average Bonchev–Trinajstić information content (AvgIpc) is 3.11. The number of halogens is 1. The number of ether oxygens (including phenoxy) is 1. The standard InChI is InChI=1S/C18H24FN3O2/c1-2-20-18(22-14-17-6-5-13-24-17)21-11-3-4-12-23-16-9-7-15(19)8-10-16/h5-10,13H,2-4,11-12,14H2,1H3,(H2,20,21,22). The van der Waals surface area contributed by atoms with Crippen LogP contribution < -0.4 is 15.4 Å². The summed E-state index contributed by atoms with van der Waals surface area (Å²) in [5.74, 6) is 2.04. The molecule has 0 bridgehead atoms. The van der Waals surface area contributed by atoms with Crippen LogP contribution in [0.25, 0.3) is 0 Å². The predicted octanol–water partition coefficient (Wildman–Crippen LogP) is 3.33. The molecule has 0 amide bonds. The lowest BCUT2D eigenvalue weighted by Gasteiger charge is -2.11. The van der Waals surface area contributed by atoms with E-state index in [9.17, 15) is 4.39 Å². The van der Waals surface area contributed by atoms with Crippen molar-refractivity contribution in [2.75, 3.05) is 19.7 Å². The van der Waals surface area contributed by atoms with Gasteiger partial charge in [0.2, 0.25) is 0 Å². The number of furan rings is 1. The van der Waals surface area contributed by atoms with E-state index in [0.717, 1.165) is 37.7 Å². The van der Waals surface area contributed by atoms with Gasteiger partial charge in [0.05, 0.1) is 12.9 Å². The SMILES string of the molecule is CCNC(=NCc1ccco1)NCCCCOc1ccc(F)cc1. The van der Waals surface area contributed by atoms with Crippen LogP contribution in [0.2, 0.25) is 0 Å². The average molecular weight is 333 g/mol. The molecule has 0 aliphatic rings. The lowest BCUT2D eigenvalue weighted by Crippen LogP contribution is -2.37. The maximum atomic E-state index is 12.8. The van der Waals surface area contributed by atoms with Crippen LogP contribution in [0, 0.1) is 5.82 Å². The van der Waals surface area contributed by atoms with E-state index in [1.54, 1.807) is 18.4 Å². The largest absolute Gasteiger partial charge is 0.494 e. The first kappa shape index (κ1) is 17.8. The van der Waals surface area contributed by atoms with Crippen molar-refractivity contribution in [3.63, 3.8) is 0 Å². The molecule has 2 rings (SSSR count). The zero-order valence-electron chi connectivity index (χ0n) is 13.9. The Balaban J connectivity index is 1.61. The maximum absolute atomic E-state index is 12.8. The lowest BCUT2D eigenvalue weighted by atomic mass is 10.3. The van der Waals surface area contributed by atoms with Crippen molar-refractivity contribution in [1.29, 1.82) is 0 Å². The van der Waals surface area contributed by atoms with Gasteiger partial charge in [0.1, 0.15) is 23.9 Å². The Morgan fingerprint density at radius 2 is 2.00 bits per heavy atom. The van der Waals surface area contributed by atoms with E-state index in [4.69, 9.17) is 9.15 Å². The zero-order chi connectivity index (χ0) is 17.0. The summed E-state index contributed by atoms with van der Waals surface area (Å²) in [6.07, 6.45) is 3.50. The monoisotopic (exact) mass is 333 g/mol. The van der Waals surface area contributed by atoms with Crippen LogP contribution in [0.5, 0.6) is 5.75 Å². The Bertz CT molecular complexity index is 597. The number of benzene rings is 1. The summed E-state index contributed by atoms with van der Waals surface area (Å²) in [5.41, 5.74) is 0. The van der Waals surface area contributed by atoms with Gasteiger partial charge in [0, 0.05) is 13.1 Å². The van der Waals surface area contributed by atoms with Crippen LogP contribution in [-0.2, 0) is 6.54 Å². The highest BCUT2D eigenvalue weighted by Crippen LogP contribution is 2.11. The van der Waals surface area contributed by atoms with Gasteiger partial charge in [-0.05, 0) is 56.2 Å². The molecule has 24 heavy (non-hydrogen) atoms. The first-order valence-corrected chi connectivity index (χ1v) is 8.21. The summed E-state index contributed by atoms with van der Waals surface area (Å²) in [6, 6.07) is 9.83. The summed E-state index contributed by atoms with van der Waals surface area (Å²) < 4.78 is 23.6. The zero-order valence-corrected chi connectivity index (χ0v) is 13.9. The minimum atomic E-state index is -0.253. The van der Waals surface area contributed by atoms with Crippen molar-refractivity contribution >= 4 is 5.96 Å². The normalized spacial score (nSPS) is 11.3. The highest BCUT2D eigenvalue weighted by Gasteiger charge is 1.99. The first-order valence-electron chi connectivity index (χ1n) is 8.21. The summed E-state index contributed by atoms with van der Waals surface area (Å²) in [6.45, 7) is 4.75. The summed E-state index contributed by atoms with van der Waals surface area (Å²) in [7, 11) is 0. The summed E-state index contributed by atoms with van der Waals surface area (Å²) in [5, 5.41) is 6.48. The van der Waals surface area contributed by atoms with E-state index < -0.39 is 0 Å². The molecule has 1 aromatic carbocycles. The molecule has 130 valence electrons. The number of hydrogen-bond donors (Lipinski definition) is 2. The summed E-state index contributed by atoms with van der Waals surface area (Å²) in [4.78, 5) is 4.46. The van der Waals surface area contributed by atoms with E-state index >= 15 is 0 Å². The van der Waals surface area contributed by atoms with Gasteiger partial charge >= 0.3 is 0 Å². The van der Waals surface area contributed by atoms with E-state index in [1.165, 1.54) is 12.1 Å². The van der Waals surface area contributed by atoms with Crippen molar-refractivity contribution in [3.8, 4) is 5.75 Å². The Labute approximate surface area is 141 Å².